The number of aliphatic hydroxyl groups excluding tert-OH is 1. The van der Waals surface area contributed by atoms with Crippen molar-refractivity contribution in [1.29, 1.82) is 0 Å². The second kappa shape index (κ2) is 6.53. The number of benzene rings is 1. The van der Waals surface area contributed by atoms with Gasteiger partial charge in [0, 0.05) is 24.8 Å². The van der Waals surface area contributed by atoms with Crippen LogP contribution in [-0.2, 0) is 0 Å². The van der Waals surface area contributed by atoms with Crippen LogP contribution in [-0.4, -0.2) is 23.2 Å². The molecule has 0 aliphatic heterocycles. The summed E-state index contributed by atoms with van der Waals surface area (Å²) in [6.07, 6.45) is 1.18. The second-order valence-electron chi connectivity index (χ2n) is 4.88. The van der Waals surface area contributed by atoms with Crippen LogP contribution in [0.5, 0.6) is 0 Å². The summed E-state index contributed by atoms with van der Waals surface area (Å²) in [6, 6.07) is 11.7. The average Bonchev–Trinajstić information content (AvgIpc) is 2.49. The Balaban J connectivity index is 2.30. The highest BCUT2D eigenvalue weighted by atomic mass is 16.3. The molecule has 0 unspecified atom stereocenters. The number of pyridine rings is 1. The Morgan fingerprint density at radius 2 is 1.80 bits per heavy atom. The van der Waals surface area contributed by atoms with Crippen LogP contribution < -0.4 is 4.90 Å². The van der Waals surface area contributed by atoms with Gasteiger partial charge in [-0.2, -0.15) is 0 Å². The molecule has 2 rings (SSSR count). The Kier molecular flexibility index (Phi) is 4.74. The number of hydrogen-bond donors (Lipinski definition) is 1. The third kappa shape index (κ3) is 2.99. The zero-order valence-corrected chi connectivity index (χ0v) is 12.4. The topological polar surface area (TPSA) is 36.4 Å². The van der Waals surface area contributed by atoms with Crippen molar-refractivity contribution >= 4 is 5.82 Å². The first-order chi connectivity index (χ1) is 9.67. The van der Waals surface area contributed by atoms with Crippen LogP contribution in [0.2, 0.25) is 0 Å². The summed E-state index contributed by atoms with van der Waals surface area (Å²) in [5, 5.41) is 10.5. The van der Waals surface area contributed by atoms with Gasteiger partial charge in [0.15, 0.2) is 0 Å². The van der Waals surface area contributed by atoms with E-state index in [9.17, 15) is 5.11 Å². The van der Waals surface area contributed by atoms with Crippen molar-refractivity contribution < 1.29 is 5.11 Å². The van der Waals surface area contributed by atoms with Crippen molar-refractivity contribution in [3.8, 4) is 0 Å². The molecule has 3 heteroatoms. The summed E-state index contributed by atoms with van der Waals surface area (Å²) < 4.78 is 0. The number of nitrogens with zero attached hydrogens (tertiary/aromatic N) is 2. The Morgan fingerprint density at radius 1 is 1.15 bits per heavy atom. The highest BCUT2D eigenvalue weighted by Crippen LogP contribution is 2.26. The lowest BCUT2D eigenvalue weighted by molar-refractivity contribution is 0.219. The van der Waals surface area contributed by atoms with E-state index in [2.05, 4.69) is 29.8 Å². The SMILES string of the molecule is CCN(CC)c1cc(C)c([C@@H](O)c2ccccc2)cn1. The van der Waals surface area contributed by atoms with E-state index in [-0.39, 0.29) is 0 Å². The predicted octanol–water partition coefficient (Wildman–Crippen LogP) is 3.32. The number of aliphatic hydroxyl groups is 1. The molecule has 2 aromatic rings. The Morgan fingerprint density at radius 3 is 2.35 bits per heavy atom. The standard InChI is InChI=1S/C17H22N2O/c1-4-19(5-2)16-11-13(3)15(12-18-16)17(20)14-9-7-6-8-10-14/h6-12,17,20H,4-5H2,1-3H3/t17-/m0/s1. The van der Waals surface area contributed by atoms with E-state index in [4.69, 9.17) is 0 Å². The van der Waals surface area contributed by atoms with E-state index in [1.54, 1.807) is 6.20 Å². The van der Waals surface area contributed by atoms with Crippen molar-refractivity contribution in [3.05, 3.63) is 59.3 Å². The first kappa shape index (κ1) is 14.5. The molecule has 0 saturated carbocycles. The lowest BCUT2D eigenvalue weighted by atomic mass is 9.99. The van der Waals surface area contributed by atoms with Gasteiger partial charge in [0.1, 0.15) is 11.9 Å². The fourth-order valence-corrected chi connectivity index (χ4v) is 2.37. The quantitative estimate of drug-likeness (QED) is 0.905. The molecule has 0 amide bonds. The van der Waals surface area contributed by atoms with Gasteiger partial charge in [-0.3, -0.25) is 0 Å². The minimum atomic E-state index is -0.616. The molecule has 1 heterocycles. The van der Waals surface area contributed by atoms with Crippen molar-refractivity contribution in [1.82, 2.24) is 4.98 Å². The lowest BCUT2D eigenvalue weighted by Gasteiger charge is -2.22. The molecule has 0 spiro atoms. The minimum absolute atomic E-state index is 0.616. The maximum Gasteiger partial charge on any atom is 0.128 e. The van der Waals surface area contributed by atoms with Gasteiger partial charge < -0.3 is 10.0 Å². The Bertz CT molecular complexity index is 550. The highest BCUT2D eigenvalue weighted by Gasteiger charge is 2.14. The maximum absolute atomic E-state index is 10.5. The molecule has 20 heavy (non-hydrogen) atoms. The first-order valence-corrected chi connectivity index (χ1v) is 7.11. The van der Waals surface area contributed by atoms with Crippen LogP contribution in [0.3, 0.4) is 0 Å². The van der Waals surface area contributed by atoms with Gasteiger partial charge in [0.2, 0.25) is 0 Å². The Hall–Kier alpha value is -1.87. The maximum atomic E-state index is 10.5. The first-order valence-electron chi connectivity index (χ1n) is 7.11. The zero-order chi connectivity index (χ0) is 14.5. The van der Waals surface area contributed by atoms with Crippen LogP contribution in [0.4, 0.5) is 5.82 Å². The molecule has 1 atom stereocenters. The number of aryl methyl sites for hydroxylation is 1. The van der Waals surface area contributed by atoms with Crippen molar-refractivity contribution in [3.63, 3.8) is 0 Å². The van der Waals surface area contributed by atoms with Crippen LogP contribution in [0.15, 0.2) is 42.6 Å². The minimum Gasteiger partial charge on any atom is -0.384 e. The molecular weight excluding hydrogens is 248 g/mol. The van der Waals surface area contributed by atoms with E-state index >= 15 is 0 Å². The molecule has 0 aliphatic rings. The van der Waals surface area contributed by atoms with Gasteiger partial charge in [-0.05, 0) is 38.0 Å². The van der Waals surface area contributed by atoms with Gasteiger partial charge in [0.25, 0.3) is 0 Å². The molecule has 0 saturated heterocycles. The van der Waals surface area contributed by atoms with Crippen LogP contribution >= 0.6 is 0 Å². The molecular formula is C17H22N2O. The molecule has 3 nitrogen and oxygen atoms in total. The average molecular weight is 270 g/mol. The summed E-state index contributed by atoms with van der Waals surface area (Å²) in [7, 11) is 0. The number of aromatic nitrogens is 1. The summed E-state index contributed by atoms with van der Waals surface area (Å²) in [4.78, 5) is 6.69. The Labute approximate surface area is 120 Å². The van der Waals surface area contributed by atoms with Crippen molar-refractivity contribution in [2.75, 3.05) is 18.0 Å². The fourth-order valence-electron chi connectivity index (χ4n) is 2.37. The second-order valence-corrected chi connectivity index (χ2v) is 4.88. The summed E-state index contributed by atoms with van der Waals surface area (Å²) in [5.41, 5.74) is 2.83. The summed E-state index contributed by atoms with van der Waals surface area (Å²) in [5.74, 6) is 0.969. The molecule has 0 aliphatic carbocycles. The van der Waals surface area contributed by atoms with Gasteiger partial charge in [0.05, 0.1) is 0 Å². The van der Waals surface area contributed by atoms with E-state index in [1.807, 2.05) is 37.3 Å². The van der Waals surface area contributed by atoms with Crippen LogP contribution in [0, 0.1) is 6.92 Å². The van der Waals surface area contributed by atoms with Crippen molar-refractivity contribution in [2.24, 2.45) is 0 Å². The molecule has 0 fully saturated rings. The molecule has 106 valence electrons. The molecule has 1 aromatic heterocycles. The van der Waals surface area contributed by atoms with Gasteiger partial charge in [-0.15, -0.1) is 0 Å². The third-order valence-corrected chi connectivity index (χ3v) is 3.63. The summed E-state index contributed by atoms with van der Waals surface area (Å²) in [6.45, 7) is 8.13. The van der Waals surface area contributed by atoms with Crippen LogP contribution in [0.25, 0.3) is 0 Å². The molecule has 0 radical (unpaired) electrons. The molecule has 0 bridgehead atoms. The molecule has 1 aromatic carbocycles. The van der Waals surface area contributed by atoms with Gasteiger partial charge >= 0.3 is 0 Å². The van der Waals surface area contributed by atoms with Gasteiger partial charge in [-0.25, -0.2) is 4.98 Å². The van der Waals surface area contributed by atoms with E-state index in [0.29, 0.717) is 0 Å². The monoisotopic (exact) mass is 270 g/mol. The van der Waals surface area contributed by atoms with Gasteiger partial charge in [-0.1, -0.05) is 30.3 Å². The zero-order valence-electron chi connectivity index (χ0n) is 12.4. The fraction of sp³-hybridized carbons (Fsp3) is 0.353. The number of anilines is 1. The van der Waals surface area contributed by atoms with E-state index in [0.717, 1.165) is 35.6 Å². The number of hydrogen-bond acceptors (Lipinski definition) is 3. The van der Waals surface area contributed by atoms with Crippen LogP contribution in [0.1, 0.15) is 36.6 Å². The predicted molar refractivity (Wildman–Crippen MR) is 83.0 cm³/mol. The largest absolute Gasteiger partial charge is 0.384 e. The lowest BCUT2D eigenvalue weighted by Crippen LogP contribution is -2.23. The number of rotatable bonds is 5. The normalized spacial score (nSPS) is 12.2. The smallest absolute Gasteiger partial charge is 0.128 e. The molecule has 1 N–H and O–H groups in total. The van der Waals surface area contributed by atoms with E-state index < -0.39 is 6.10 Å². The van der Waals surface area contributed by atoms with Crippen molar-refractivity contribution in [2.45, 2.75) is 26.9 Å². The highest BCUT2D eigenvalue weighted by molar-refractivity contribution is 5.45. The third-order valence-electron chi connectivity index (χ3n) is 3.63. The summed E-state index contributed by atoms with van der Waals surface area (Å²) >= 11 is 0. The van der Waals surface area contributed by atoms with E-state index in [1.165, 1.54) is 0 Å².